The molecule has 0 aromatic heterocycles. The number of rotatable bonds is 9. The van der Waals surface area contributed by atoms with Crippen LogP contribution in [0.2, 0.25) is 0 Å². The van der Waals surface area contributed by atoms with E-state index in [1.807, 2.05) is 42.5 Å². The van der Waals surface area contributed by atoms with Crippen molar-refractivity contribution >= 4 is 11.8 Å². The Morgan fingerprint density at radius 3 is 2.54 bits per heavy atom. The van der Waals surface area contributed by atoms with Crippen LogP contribution < -0.4 is 10.1 Å². The van der Waals surface area contributed by atoms with E-state index in [2.05, 4.69) is 17.4 Å². The van der Waals surface area contributed by atoms with E-state index in [0.717, 1.165) is 30.6 Å². The topological polar surface area (TPSA) is 58.6 Å². The van der Waals surface area contributed by atoms with Gasteiger partial charge in [0.2, 0.25) is 11.8 Å². The number of hydrogen-bond donors (Lipinski definition) is 1. The molecule has 0 radical (unpaired) electrons. The Morgan fingerprint density at radius 2 is 1.82 bits per heavy atom. The fraction of sp³-hybridized carbons (Fsp3) is 0.391. The molecule has 5 heteroatoms. The summed E-state index contributed by atoms with van der Waals surface area (Å²) in [5.41, 5.74) is 2.32. The van der Waals surface area contributed by atoms with Gasteiger partial charge in [-0.3, -0.25) is 9.59 Å². The minimum atomic E-state index is -0.353. The summed E-state index contributed by atoms with van der Waals surface area (Å²) in [5.74, 6) is 0.886. The molecule has 0 spiro atoms. The van der Waals surface area contributed by atoms with Crippen molar-refractivity contribution in [1.82, 2.24) is 10.2 Å². The molecule has 28 heavy (non-hydrogen) atoms. The summed E-state index contributed by atoms with van der Waals surface area (Å²) in [6.07, 6.45) is 3.94. The molecule has 3 rings (SSSR count). The Bertz CT molecular complexity index is 774. The van der Waals surface area contributed by atoms with Gasteiger partial charge in [0.1, 0.15) is 11.8 Å². The van der Waals surface area contributed by atoms with Gasteiger partial charge in [-0.1, -0.05) is 42.5 Å². The number of benzene rings is 2. The van der Waals surface area contributed by atoms with Gasteiger partial charge in [0, 0.05) is 19.5 Å². The van der Waals surface area contributed by atoms with Crippen LogP contribution in [-0.2, 0) is 22.6 Å². The highest BCUT2D eigenvalue weighted by Gasteiger charge is 2.35. The van der Waals surface area contributed by atoms with Gasteiger partial charge < -0.3 is 15.0 Å². The van der Waals surface area contributed by atoms with Gasteiger partial charge in [0.25, 0.3) is 0 Å². The van der Waals surface area contributed by atoms with Crippen molar-refractivity contribution in [2.45, 2.75) is 44.7 Å². The first-order valence-corrected chi connectivity index (χ1v) is 9.91. The first-order valence-electron chi connectivity index (χ1n) is 9.91. The predicted molar refractivity (Wildman–Crippen MR) is 109 cm³/mol. The van der Waals surface area contributed by atoms with Crippen LogP contribution in [0.15, 0.2) is 54.6 Å². The predicted octanol–water partition coefficient (Wildman–Crippen LogP) is 3.33. The third-order valence-electron chi connectivity index (χ3n) is 5.18. The maximum absolute atomic E-state index is 12.6. The molecule has 2 aromatic carbocycles. The molecule has 0 aliphatic carbocycles. The number of carbonyl (C=O) groups excluding carboxylic acids is 2. The second kappa shape index (κ2) is 9.93. The van der Waals surface area contributed by atoms with Crippen molar-refractivity contribution in [3.05, 3.63) is 65.7 Å². The van der Waals surface area contributed by atoms with Crippen LogP contribution in [0.3, 0.4) is 0 Å². The highest BCUT2D eigenvalue weighted by molar-refractivity contribution is 5.90. The molecule has 2 amide bonds. The molecule has 1 aliphatic heterocycles. The first kappa shape index (κ1) is 19.9. The number of likely N-dealkylation sites (tertiary alicyclic amines) is 1. The van der Waals surface area contributed by atoms with Crippen molar-refractivity contribution < 1.29 is 14.3 Å². The van der Waals surface area contributed by atoms with Crippen LogP contribution >= 0.6 is 0 Å². The van der Waals surface area contributed by atoms with E-state index in [4.69, 9.17) is 4.74 Å². The van der Waals surface area contributed by atoms with Gasteiger partial charge in [0.15, 0.2) is 0 Å². The summed E-state index contributed by atoms with van der Waals surface area (Å²) in [6.45, 7) is 1.13. The SMILES string of the molecule is COc1ccc(CCCCNC(=O)C2CCC(=O)N2Cc2ccccc2)cc1. The number of aryl methyl sites for hydroxylation is 1. The summed E-state index contributed by atoms with van der Waals surface area (Å²) in [6, 6.07) is 17.6. The fourth-order valence-electron chi connectivity index (χ4n) is 3.56. The third-order valence-corrected chi connectivity index (χ3v) is 5.18. The van der Waals surface area contributed by atoms with E-state index in [9.17, 15) is 9.59 Å². The van der Waals surface area contributed by atoms with Crippen LogP contribution in [0.4, 0.5) is 0 Å². The second-order valence-corrected chi connectivity index (χ2v) is 7.16. The molecule has 1 fully saturated rings. The van der Waals surface area contributed by atoms with Gasteiger partial charge in [-0.25, -0.2) is 0 Å². The Hall–Kier alpha value is -2.82. The average Bonchev–Trinajstić information content (AvgIpc) is 3.09. The zero-order valence-electron chi connectivity index (χ0n) is 16.4. The van der Waals surface area contributed by atoms with Crippen LogP contribution in [0, 0.1) is 0 Å². The van der Waals surface area contributed by atoms with Crippen LogP contribution in [0.5, 0.6) is 5.75 Å². The Labute approximate surface area is 166 Å². The third kappa shape index (κ3) is 5.35. The summed E-state index contributed by atoms with van der Waals surface area (Å²) in [5, 5.41) is 3.01. The largest absolute Gasteiger partial charge is 0.497 e. The summed E-state index contributed by atoms with van der Waals surface area (Å²) < 4.78 is 5.17. The number of unbranched alkanes of at least 4 members (excludes halogenated alkanes) is 1. The van der Waals surface area contributed by atoms with Crippen LogP contribution in [0.1, 0.15) is 36.8 Å². The second-order valence-electron chi connectivity index (χ2n) is 7.16. The lowest BCUT2D eigenvalue weighted by molar-refractivity contribution is -0.135. The number of methoxy groups -OCH3 is 1. The number of amides is 2. The molecule has 0 bridgehead atoms. The van der Waals surface area contributed by atoms with Gasteiger partial charge in [-0.05, 0) is 48.9 Å². The van der Waals surface area contributed by atoms with E-state index in [1.54, 1.807) is 12.0 Å². The Morgan fingerprint density at radius 1 is 1.07 bits per heavy atom. The standard InChI is InChI=1S/C23H28N2O3/c1-28-20-12-10-18(11-13-20)7-5-6-16-24-23(27)21-14-15-22(26)25(21)17-19-8-3-2-4-9-19/h2-4,8-13,21H,5-7,14-17H2,1H3,(H,24,27). The van der Waals surface area contributed by atoms with Crippen LogP contribution in [0.25, 0.3) is 0 Å². The van der Waals surface area contributed by atoms with Crippen LogP contribution in [-0.4, -0.2) is 36.4 Å². The molecule has 148 valence electrons. The number of carbonyl (C=O) groups is 2. The van der Waals surface area contributed by atoms with Gasteiger partial charge in [-0.2, -0.15) is 0 Å². The summed E-state index contributed by atoms with van der Waals surface area (Å²) in [7, 11) is 1.66. The number of nitrogens with one attached hydrogen (secondary N) is 1. The molecule has 5 nitrogen and oxygen atoms in total. The first-order chi connectivity index (χ1) is 13.7. The minimum absolute atomic E-state index is 0.0359. The molecule has 1 unspecified atom stereocenters. The fourth-order valence-corrected chi connectivity index (χ4v) is 3.56. The summed E-state index contributed by atoms with van der Waals surface area (Å²) in [4.78, 5) is 26.5. The van der Waals surface area contributed by atoms with E-state index >= 15 is 0 Å². The van der Waals surface area contributed by atoms with Gasteiger partial charge in [-0.15, -0.1) is 0 Å². The average molecular weight is 380 g/mol. The summed E-state index contributed by atoms with van der Waals surface area (Å²) >= 11 is 0. The zero-order chi connectivity index (χ0) is 19.8. The smallest absolute Gasteiger partial charge is 0.242 e. The van der Waals surface area contributed by atoms with E-state index in [-0.39, 0.29) is 17.9 Å². The molecule has 1 atom stereocenters. The van der Waals surface area contributed by atoms with Crippen molar-refractivity contribution in [1.29, 1.82) is 0 Å². The maximum atomic E-state index is 12.6. The molecular weight excluding hydrogens is 352 g/mol. The molecule has 1 saturated heterocycles. The van der Waals surface area contributed by atoms with Crippen molar-refractivity contribution in [2.24, 2.45) is 0 Å². The van der Waals surface area contributed by atoms with Gasteiger partial charge >= 0.3 is 0 Å². The molecule has 1 heterocycles. The van der Waals surface area contributed by atoms with E-state index in [1.165, 1.54) is 5.56 Å². The van der Waals surface area contributed by atoms with Crippen molar-refractivity contribution in [2.75, 3.05) is 13.7 Å². The molecular formula is C23H28N2O3. The molecule has 0 saturated carbocycles. The number of hydrogen-bond acceptors (Lipinski definition) is 3. The van der Waals surface area contributed by atoms with E-state index in [0.29, 0.717) is 25.9 Å². The minimum Gasteiger partial charge on any atom is -0.497 e. The Balaban J connectivity index is 1.41. The zero-order valence-corrected chi connectivity index (χ0v) is 16.4. The van der Waals surface area contributed by atoms with E-state index < -0.39 is 0 Å². The normalized spacial score (nSPS) is 16.2. The quantitative estimate of drug-likeness (QED) is 0.679. The lowest BCUT2D eigenvalue weighted by atomic mass is 10.1. The highest BCUT2D eigenvalue weighted by atomic mass is 16.5. The van der Waals surface area contributed by atoms with Crippen molar-refractivity contribution in [3.8, 4) is 5.75 Å². The number of ether oxygens (including phenoxy) is 1. The lowest BCUT2D eigenvalue weighted by Crippen LogP contribution is -2.44. The lowest BCUT2D eigenvalue weighted by Gasteiger charge is -2.24. The van der Waals surface area contributed by atoms with Gasteiger partial charge in [0.05, 0.1) is 7.11 Å². The monoisotopic (exact) mass is 380 g/mol. The highest BCUT2D eigenvalue weighted by Crippen LogP contribution is 2.21. The molecule has 1 N–H and O–H groups in total. The van der Waals surface area contributed by atoms with Crippen molar-refractivity contribution in [3.63, 3.8) is 0 Å². The number of nitrogens with zero attached hydrogens (tertiary/aromatic N) is 1. The maximum Gasteiger partial charge on any atom is 0.242 e. The Kier molecular flexibility index (Phi) is 7.06. The molecule has 2 aromatic rings. The molecule has 1 aliphatic rings.